The van der Waals surface area contributed by atoms with Crippen molar-refractivity contribution in [2.24, 2.45) is 0 Å². The van der Waals surface area contributed by atoms with E-state index in [1.807, 2.05) is 12.3 Å². The lowest BCUT2D eigenvalue weighted by Gasteiger charge is -2.47. The van der Waals surface area contributed by atoms with Gasteiger partial charge in [-0.3, -0.25) is 4.90 Å². The van der Waals surface area contributed by atoms with Crippen LogP contribution >= 0.6 is 0 Å². The van der Waals surface area contributed by atoms with Gasteiger partial charge in [-0.15, -0.1) is 0 Å². The van der Waals surface area contributed by atoms with Crippen LogP contribution in [0.2, 0.25) is 0 Å². The monoisotopic (exact) mass is 262 g/mol. The van der Waals surface area contributed by atoms with E-state index in [1.54, 1.807) is 0 Å². The van der Waals surface area contributed by atoms with E-state index in [1.165, 1.54) is 5.69 Å². The molecular weight excluding hydrogens is 240 g/mol. The summed E-state index contributed by atoms with van der Waals surface area (Å²) >= 11 is 0. The molecule has 3 heterocycles. The molecule has 5 nitrogen and oxygen atoms in total. The van der Waals surface area contributed by atoms with Crippen molar-refractivity contribution in [2.45, 2.75) is 25.4 Å². The standard InChI is InChI=1S/C14H22N4O/c1-2-11-8-17(13-9-19-10-13)5-6-18(11)12-3-4-14(15)16-7-12/h3-4,7,11,13H,2,5-6,8-10H2,1H3,(H2,15,16). The first kappa shape index (κ1) is 12.7. The van der Waals surface area contributed by atoms with Gasteiger partial charge in [-0.2, -0.15) is 0 Å². The van der Waals surface area contributed by atoms with E-state index in [9.17, 15) is 0 Å². The highest BCUT2D eigenvalue weighted by atomic mass is 16.5. The predicted molar refractivity (Wildman–Crippen MR) is 76.3 cm³/mol. The van der Waals surface area contributed by atoms with Crippen molar-refractivity contribution < 1.29 is 4.74 Å². The Hall–Kier alpha value is -1.33. The first-order chi connectivity index (χ1) is 9.28. The fraction of sp³-hybridized carbons (Fsp3) is 0.643. The number of ether oxygens (including phenoxy) is 1. The highest BCUT2D eigenvalue weighted by Gasteiger charge is 2.33. The fourth-order valence-corrected chi connectivity index (χ4v) is 2.90. The number of anilines is 2. The van der Waals surface area contributed by atoms with Crippen LogP contribution in [0.3, 0.4) is 0 Å². The number of hydrogen-bond acceptors (Lipinski definition) is 5. The number of nitrogens with two attached hydrogens (primary N) is 1. The van der Waals surface area contributed by atoms with Gasteiger partial charge in [0.2, 0.25) is 0 Å². The Labute approximate surface area is 114 Å². The minimum absolute atomic E-state index is 0.555. The molecule has 0 aromatic carbocycles. The SMILES string of the molecule is CCC1CN(C2COC2)CCN1c1ccc(N)nc1. The molecule has 19 heavy (non-hydrogen) atoms. The summed E-state index contributed by atoms with van der Waals surface area (Å²) in [5, 5.41) is 0. The van der Waals surface area contributed by atoms with Crippen molar-refractivity contribution in [3.8, 4) is 0 Å². The number of nitrogens with zero attached hydrogens (tertiary/aromatic N) is 3. The van der Waals surface area contributed by atoms with Crippen molar-refractivity contribution in [1.82, 2.24) is 9.88 Å². The van der Waals surface area contributed by atoms with Crippen LogP contribution < -0.4 is 10.6 Å². The van der Waals surface area contributed by atoms with Crippen LogP contribution in [-0.4, -0.2) is 54.8 Å². The summed E-state index contributed by atoms with van der Waals surface area (Å²) in [4.78, 5) is 9.24. The maximum atomic E-state index is 5.66. The van der Waals surface area contributed by atoms with Crippen molar-refractivity contribution in [1.29, 1.82) is 0 Å². The van der Waals surface area contributed by atoms with Gasteiger partial charge >= 0.3 is 0 Å². The Bertz CT molecular complexity index is 418. The Morgan fingerprint density at radius 1 is 1.37 bits per heavy atom. The first-order valence-electron chi connectivity index (χ1n) is 7.08. The molecule has 0 spiro atoms. The molecule has 2 aliphatic heterocycles. The van der Waals surface area contributed by atoms with E-state index < -0.39 is 0 Å². The second-order valence-electron chi connectivity index (χ2n) is 5.38. The van der Waals surface area contributed by atoms with E-state index in [0.29, 0.717) is 17.9 Å². The summed E-state index contributed by atoms with van der Waals surface area (Å²) < 4.78 is 5.30. The molecule has 0 amide bonds. The number of hydrogen-bond donors (Lipinski definition) is 1. The van der Waals surface area contributed by atoms with Crippen LogP contribution in [0.25, 0.3) is 0 Å². The molecule has 2 aliphatic rings. The molecule has 2 N–H and O–H groups in total. The van der Waals surface area contributed by atoms with Crippen LogP contribution in [0.1, 0.15) is 13.3 Å². The molecule has 1 unspecified atom stereocenters. The summed E-state index contributed by atoms with van der Waals surface area (Å²) in [6, 6.07) is 5.15. The predicted octanol–water partition coefficient (Wildman–Crippen LogP) is 0.963. The van der Waals surface area contributed by atoms with Crippen LogP contribution in [0, 0.1) is 0 Å². The summed E-state index contributed by atoms with van der Waals surface area (Å²) in [7, 11) is 0. The smallest absolute Gasteiger partial charge is 0.123 e. The molecule has 2 saturated heterocycles. The van der Waals surface area contributed by atoms with Crippen LogP contribution in [0.5, 0.6) is 0 Å². The lowest BCUT2D eigenvalue weighted by molar-refractivity contribution is -0.0698. The van der Waals surface area contributed by atoms with Crippen LogP contribution in [0.15, 0.2) is 18.3 Å². The van der Waals surface area contributed by atoms with E-state index in [0.717, 1.165) is 39.3 Å². The molecule has 3 rings (SSSR count). The Balaban J connectivity index is 1.70. The lowest BCUT2D eigenvalue weighted by Crippen LogP contribution is -2.60. The van der Waals surface area contributed by atoms with Crippen molar-refractivity contribution in [2.75, 3.05) is 43.5 Å². The summed E-state index contributed by atoms with van der Waals surface area (Å²) in [5.41, 5.74) is 6.84. The van der Waals surface area contributed by atoms with Crippen molar-refractivity contribution >= 4 is 11.5 Å². The summed E-state index contributed by atoms with van der Waals surface area (Å²) in [6.45, 7) is 7.34. The summed E-state index contributed by atoms with van der Waals surface area (Å²) in [6.07, 6.45) is 3.04. The van der Waals surface area contributed by atoms with Gasteiger partial charge in [0.05, 0.1) is 31.1 Å². The average molecular weight is 262 g/mol. The van der Waals surface area contributed by atoms with Crippen molar-refractivity contribution in [3.63, 3.8) is 0 Å². The normalized spacial score (nSPS) is 25.3. The molecule has 5 heteroatoms. The Morgan fingerprint density at radius 3 is 2.79 bits per heavy atom. The first-order valence-corrected chi connectivity index (χ1v) is 7.08. The number of piperazine rings is 1. The second kappa shape index (κ2) is 5.35. The van der Waals surface area contributed by atoms with Crippen LogP contribution in [0.4, 0.5) is 11.5 Å². The fourth-order valence-electron chi connectivity index (χ4n) is 2.90. The van der Waals surface area contributed by atoms with Crippen LogP contribution in [-0.2, 0) is 4.74 Å². The summed E-state index contributed by atoms with van der Waals surface area (Å²) in [5.74, 6) is 0.585. The zero-order valence-corrected chi connectivity index (χ0v) is 11.5. The zero-order valence-electron chi connectivity index (χ0n) is 11.5. The molecule has 1 atom stereocenters. The molecule has 0 saturated carbocycles. The van der Waals surface area contributed by atoms with Gasteiger partial charge < -0.3 is 15.4 Å². The molecule has 1 aromatic heterocycles. The molecule has 104 valence electrons. The lowest BCUT2D eigenvalue weighted by atomic mass is 10.1. The van der Waals surface area contributed by atoms with E-state index in [4.69, 9.17) is 10.5 Å². The zero-order chi connectivity index (χ0) is 13.2. The van der Waals surface area contributed by atoms with Gasteiger partial charge in [0, 0.05) is 25.7 Å². The highest BCUT2D eigenvalue weighted by molar-refractivity contribution is 5.49. The number of pyridine rings is 1. The van der Waals surface area contributed by atoms with Gasteiger partial charge in [0.1, 0.15) is 5.82 Å². The van der Waals surface area contributed by atoms with E-state index in [2.05, 4.69) is 27.8 Å². The topological polar surface area (TPSA) is 54.6 Å². The molecule has 0 radical (unpaired) electrons. The molecule has 1 aromatic rings. The Kier molecular flexibility index (Phi) is 3.57. The van der Waals surface area contributed by atoms with Gasteiger partial charge in [-0.05, 0) is 18.6 Å². The quantitative estimate of drug-likeness (QED) is 0.879. The van der Waals surface area contributed by atoms with Gasteiger partial charge in [-0.25, -0.2) is 4.98 Å². The third-order valence-corrected chi connectivity index (χ3v) is 4.22. The van der Waals surface area contributed by atoms with Gasteiger partial charge in [-0.1, -0.05) is 6.92 Å². The minimum atomic E-state index is 0.555. The molecule has 0 bridgehead atoms. The van der Waals surface area contributed by atoms with E-state index >= 15 is 0 Å². The maximum absolute atomic E-state index is 5.66. The maximum Gasteiger partial charge on any atom is 0.123 e. The number of rotatable bonds is 3. The number of aromatic nitrogens is 1. The minimum Gasteiger partial charge on any atom is -0.384 e. The average Bonchev–Trinajstić information content (AvgIpc) is 2.38. The Morgan fingerprint density at radius 2 is 2.21 bits per heavy atom. The number of nitrogen functional groups attached to an aromatic ring is 1. The van der Waals surface area contributed by atoms with Gasteiger partial charge in [0.15, 0.2) is 0 Å². The highest BCUT2D eigenvalue weighted by Crippen LogP contribution is 2.24. The molecular formula is C14H22N4O. The van der Waals surface area contributed by atoms with Gasteiger partial charge in [0.25, 0.3) is 0 Å². The van der Waals surface area contributed by atoms with E-state index in [-0.39, 0.29) is 0 Å². The second-order valence-corrected chi connectivity index (χ2v) is 5.38. The molecule has 0 aliphatic carbocycles. The van der Waals surface area contributed by atoms with Crippen molar-refractivity contribution in [3.05, 3.63) is 18.3 Å². The third-order valence-electron chi connectivity index (χ3n) is 4.22. The largest absolute Gasteiger partial charge is 0.384 e. The third kappa shape index (κ3) is 2.53. The molecule has 2 fully saturated rings.